The highest BCUT2D eigenvalue weighted by Crippen LogP contribution is 2.09. The lowest BCUT2D eigenvalue weighted by molar-refractivity contribution is -0.142. The molecule has 1 aliphatic heterocycles. The number of carboxylic acids is 1. The van der Waals surface area contributed by atoms with Gasteiger partial charge < -0.3 is 15.3 Å². The van der Waals surface area contributed by atoms with E-state index >= 15 is 0 Å². The predicted molar refractivity (Wildman–Crippen MR) is 68.3 cm³/mol. The maximum absolute atomic E-state index is 12.3. The van der Waals surface area contributed by atoms with Crippen LogP contribution in [-0.2, 0) is 16.1 Å². The summed E-state index contributed by atoms with van der Waals surface area (Å²) in [5, 5.41) is 11.8. The van der Waals surface area contributed by atoms with Gasteiger partial charge in [0.1, 0.15) is 0 Å². The maximum Gasteiger partial charge on any atom is 0.305 e. The molecule has 1 atom stereocenters. The summed E-state index contributed by atoms with van der Waals surface area (Å²) >= 11 is 0. The molecule has 6 nitrogen and oxygen atoms in total. The van der Waals surface area contributed by atoms with Crippen molar-refractivity contribution in [3.8, 4) is 0 Å². The fraction of sp³-hybridized carbons (Fsp3) is 0.462. The van der Waals surface area contributed by atoms with Crippen LogP contribution in [0.1, 0.15) is 18.5 Å². The Labute approximate surface area is 111 Å². The molecule has 0 saturated carbocycles. The third kappa shape index (κ3) is 3.75. The minimum absolute atomic E-state index is 0.162. The van der Waals surface area contributed by atoms with Crippen molar-refractivity contribution in [1.82, 2.24) is 15.2 Å². The molecule has 2 rings (SSSR count). The molecule has 2 heterocycles. The van der Waals surface area contributed by atoms with E-state index in [1.54, 1.807) is 11.1 Å². The van der Waals surface area contributed by atoms with Crippen molar-refractivity contribution in [2.24, 2.45) is 0 Å². The molecule has 0 spiro atoms. The maximum atomic E-state index is 12.3. The zero-order valence-electron chi connectivity index (χ0n) is 10.6. The Kier molecular flexibility index (Phi) is 4.46. The van der Waals surface area contributed by atoms with Crippen molar-refractivity contribution in [2.75, 3.05) is 13.1 Å². The van der Waals surface area contributed by atoms with E-state index in [0.717, 1.165) is 12.1 Å². The van der Waals surface area contributed by atoms with Gasteiger partial charge in [-0.2, -0.15) is 0 Å². The molecule has 6 heteroatoms. The molecule has 1 aliphatic rings. The number of amides is 1. The van der Waals surface area contributed by atoms with Crippen molar-refractivity contribution in [3.63, 3.8) is 0 Å². The molecule has 1 amide bonds. The number of aromatic nitrogens is 1. The number of carbonyl (C=O) groups excluding carboxylic acids is 1. The minimum Gasteiger partial charge on any atom is -0.481 e. The number of aliphatic carboxylic acids is 1. The molecular weight excluding hydrogens is 246 g/mol. The first-order chi connectivity index (χ1) is 9.16. The summed E-state index contributed by atoms with van der Waals surface area (Å²) in [6.07, 6.45) is 2.32. The van der Waals surface area contributed by atoms with Crippen molar-refractivity contribution in [2.45, 2.75) is 25.4 Å². The summed E-state index contributed by atoms with van der Waals surface area (Å²) in [5.74, 6) is -1.13. The lowest BCUT2D eigenvalue weighted by atomic mass is 10.2. The molecule has 1 aromatic rings. The normalized spacial score (nSPS) is 20.1. The Bertz CT molecular complexity index is 450. The van der Waals surface area contributed by atoms with E-state index < -0.39 is 12.0 Å². The Morgan fingerprint density at radius 1 is 1.53 bits per heavy atom. The first-order valence-electron chi connectivity index (χ1n) is 6.30. The van der Waals surface area contributed by atoms with Crippen LogP contribution in [-0.4, -0.2) is 46.0 Å². The van der Waals surface area contributed by atoms with Crippen LogP contribution in [0, 0.1) is 0 Å². The second-order valence-corrected chi connectivity index (χ2v) is 4.54. The van der Waals surface area contributed by atoms with E-state index in [1.807, 2.05) is 18.2 Å². The molecule has 1 unspecified atom stereocenters. The molecule has 19 heavy (non-hydrogen) atoms. The number of carbonyl (C=O) groups is 2. The third-order valence-electron chi connectivity index (χ3n) is 3.06. The van der Waals surface area contributed by atoms with Gasteiger partial charge in [-0.1, -0.05) is 6.07 Å². The highest BCUT2D eigenvalue weighted by Gasteiger charge is 2.28. The van der Waals surface area contributed by atoms with E-state index in [1.165, 1.54) is 0 Å². The number of rotatable bonds is 4. The van der Waals surface area contributed by atoms with Gasteiger partial charge in [-0.15, -0.1) is 0 Å². The second kappa shape index (κ2) is 6.29. The third-order valence-corrected chi connectivity index (χ3v) is 3.06. The summed E-state index contributed by atoms with van der Waals surface area (Å²) in [6.45, 7) is 1.71. The monoisotopic (exact) mass is 263 g/mol. The number of carboxylic acid groups (broad SMARTS) is 1. The standard InChI is InChI=1S/C13H17N3O3/c17-12(18)8-11-13(19)16(7-3-6-15-11)9-10-4-1-2-5-14-10/h1-2,4-5,11,15H,3,6-9H2,(H,17,18). The van der Waals surface area contributed by atoms with E-state index in [9.17, 15) is 9.59 Å². The number of hydrogen-bond acceptors (Lipinski definition) is 4. The van der Waals surface area contributed by atoms with Crippen LogP contribution >= 0.6 is 0 Å². The van der Waals surface area contributed by atoms with E-state index in [-0.39, 0.29) is 12.3 Å². The molecule has 1 saturated heterocycles. The number of hydrogen-bond donors (Lipinski definition) is 2. The summed E-state index contributed by atoms with van der Waals surface area (Å²) in [4.78, 5) is 28.9. The first kappa shape index (κ1) is 13.5. The molecule has 0 radical (unpaired) electrons. The molecular formula is C13H17N3O3. The fourth-order valence-corrected chi connectivity index (χ4v) is 2.14. The second-order valence-electron chi connectivity index (χ2n) is 4.54. The van der Waals surface area contributed by atoms with Crippen molar-refractivity contribution < 1.29 is 14.7 Å². The van der Waals surface area contributed by atoms with Crippen LogP contribution < -0.4 is 5.32 Å². The van der Waals surface area contributed by atoms with Crippen LogP contribution in [0.2, 0.25) is 0 Å². The van der Waals surface area contributed by atoms with E-state index in [2.05, 4.69) is 10.3 Å². The number of nitrogens with one attached hydrogen (secondary N) is 1. The lowest BCUT2D eigenvalue weighted by Crippen LogP contribution is -2.44. The van der Waals surface area contributed by atoms with Crippen LogP contribution in [0.4, 0.5) is 0 Å². The van der Waals surface area contributed by atoms with Gasteiger partial charge >= 0.3 is 5.97 Å². The molecule has 0 bridgehead atoms. The Morgan fingerprint density at radius 2 is 2.37 bits per heavy atom. The van der Waals surface area contributed by atoms with E-state index in [4.69, 9.17) is 5.11 Å². The quantitative estimate of drug-likeness (QED) is 0.813. The summed E-state index contributed by atoms with van der Waals surface area (Å²) in [5.41, 5.74) is 0.812. The van der Waals surface area contributed by atoms with Gasteiger partial charge in [0.25, 0.3) is 0 Å². The average Bonchev–Trinajstić information content (AvgIpc) is 2.55. The summed E-state index contributed by atoms with van der Waals surface area (Å²) < 4.78 is 0. The van der Waals surface area contributed by atoms with Gasteiger partial charge in [0.15, 0.2) is 0 Å². The first-order valence-corrected chi connectivity index (χ1v) is 6.30. The van der Waals surface area contributed by atoms with Crippen molar-refractivity contribution >= 4 is 11.9 Å². The largest absolute Gasteiger partial charge is 0.481 e. The zero-order valence-corrected chi connectivity index (χ0v) is 10.6. The van der Waals surface area contributed by atoms with Crippen LogP contribution in [0.3, 0.4) is 0 Å². The van der Waals surface area contributed by atoms with E-state index in [0.29, 0.717) is 19.6 Å². The number of pyridine rings is 1. The predicted octanol–water partition coefficient (Wildman–Crippen LogP) is 0.247. The van der Waals surface area contributed by atoms with Gasteiger partial charge in [0, 0.05) is 12.7 Å². The average molecular weight is 263 g/mol. The molecule has 0 aromatic carbocycles. The highest BCUT2D eigenvalue weighted by atomic mass is 16.4. The summed E-state index contributed by atoms with van der Waals surface area (Å²) in [7, 11) is 0. The Morgan fingerprint density at radius 3 is 3.05 bits per heavy atom. The van der Waals surface area contributed by atoms with Gasteiger partial charge in [-0.05, 0) is 25.1 Å². The van der Waals surface area contributed by atoms with Gasteiger partial charge in [-0.25, -0.2) is 0 Å². The minimum atomic E-state index is -0.967. The summed E-state index contributed by atoms with van der Waals surface area (Å²) in [6, 6.07) is 4.92. The van der Waals surface area contributed by atoms with Crippen LogP contribution in [0.15, 0.2) is 24.4 Å². The molecule has 1 aromatic heterocycles. The Balaban J connectivity index is 2.06. The van der Waals surface area contributed by atoms with Crippen molar-refractivity contribution in [3.05, 3.63) is 30.1 Å². The molecule has 1 fully saturated rings. The molecule has 0 aliphatic carbocycles. The van der Waals surface area contributed by atoms with Crippen LogP contribution in [0.5, 0.6) is 0 Å². The molecule has 2 N–H and O–H groups in total. The van der Waals surface area contributed by atoms with Gasteiger partial charge in [-0.3, -0.25) is 14.6 Å². The van der Waals surface area contributed by atoms with Crippen LogP contribution in [0.25, 0.3) is 0 Å². The van der Waals surface area contributed by atoms with Crippen molar-refractivity contribution in [1.29, 1.82) is 0 Å². The molecule has 102 valence electrons. The smallest absolute Gasteiger partial charge is 0.305 e. The number of nitrogens with zero attached hydrogens (tertiary/aromatic N) is 2. The topological polar surface area (TPSA) is 82.5 Å². The SMILES string of the molecule is O=C(O)CC1NCCCN(Cc2ccccn2)C1=O. The fourth-order valence-electron chi connectivity index (χ4n) is 2.14. The van der Waals surface area contributed by atoms with Gasteiger partial charge in [0.05, 0.1) is 24.7 Å². The highest BCUT2D eigenvalue weighted by molar-refractivity contribution is 5.86. The lowest BCUT2D eigenvalue weighted by Gasteiger charge is -2.23. The van der Waals surface area contributed by atoms with Gasteiger partial charge in [0.2, 0.25) is 5.91 Å². The zero-order chi connectivity index (χ0) is 13.7. The Hall–Kier alpha value is -1.95.